The van der Waals surface area contributed by atoms with Crippen molar-refractivity contribution in [3.63, 3.8) is 0 Å². The number of nitrogens with two attached hydrogens (primary N) is 1. The molecule has 0 aromatic heterocycles. The zero-order chi connectivity index (χ0) is 18.7. The molecule has 0 amide bonds. The summed E-state index contributed by atoms with van der Waals surface area (Å²) in [5.74, 6) is 0.462. The lowest BCUT2D eigenvalue weighted by Crippen LogP contribution is -2.35. The van der Waals surface area contributed by atoms with Crippen molar-refractivity contribution in [2.24, 2.45) is 11.1 Å². The Morgan fingerprint density at radius 2 is 1.96 bits per heavy atom. The molecule has 0 radical (unpaired) electrons. The van der Waals surface area contributed by atoms with Crippen LogP contribution in [0, 0.1) is 5.92 Å². The molecule has 3 atom stereocenters. The second kappa shape index (κ2) is 8.47. The first-order valence-corrected chi connectivity index (χ1v) is 10.0. The molecule has 1 aliphatic heterocycles. The van der Waals surface area contributed by atoms with Crippen molar-refractivity contribution in [2.45, 2.75) is 37.7 Å². The van der Waals surface area contributed by atoms with Gasteiger partial charge in [-0.25, -0.2) is 0 Å². The highest BCUT2D eigenvalue weighted by Crippen LogP contribution is 2.39. The Morgan fingerprint density at radius 1 is 1.23 bits per heavy atom. The number of carbonyl (C=O) groups is 1. The van der Waals surface area contributed by atoms with E-state index in [1.807, 2.05) is 18.2 Å². The highest BCUT2D eigenvalue weighted by atomic mass is 32.2. The number of benzene rings is 1. The van der Waals surface area contributed by atoms with Crippen LogP contribution in [0.3, 0.4) is 0 Å². The van der Waals surface area contributed by atoms with Gasteiger partial charge in [-0.15, -0.1) is 9.44 Å². The molecule has 26 heavy (non-hydrogen) atoms. The first kappa shape index (κ1) is 19.3. The SMILES string of the molecule is COC(=O)[C@@H]1CN([S+](N)[O-])C[C@H]1c1ccc(OC)c(OC2CCCC2)c1. The fraction of sp³-hybridized carbons (Fsp3) is 0.611. The van der Waals surface area contributed by atoms with E-state index in [-0.39, 0.29) is 18.0 Å². The molecule has 0 spiro atoms. The molecule has 1 aliphatic carbocycles. The Bertz CT molecular complexity index is 636. The maximum atomic E-state index is 12.2. The Kier molecular flexibility index (Phi) is 6.29. The number of carbonyl (C=O) groups excluding carboxylic acids is 1. The Hall–Kier alpha value is -1.48. The Balaban J connectivity index is 1.87. The quantitative estimate of drug-likeness (QED) is 0.591. The fourth-order valence-corrected chi connectivity index (χ4v) is 4.46. The average molecular weight is 382 g/mol. The zero-order valence-corrected chi connectivity index (χ0v) is 16.0. The fourth-order valence-electron chi connectivity index (χ4n) is 3.84. The van der Waals surface area contributed by atoms with E-state index in [0.29, 0.717) is 24.6 Å². The standard InChI is InChI=1S/C18H26N2O5S/c1-23-16-8-7-12(9-17(16)25-13-5-3-4-6-13)14-10-20(26(19)22)11-15(14)18(21)24-2/h7-9,13-15H,3-6,10-11,19H2,1-2H3/t14-,15+,26?/m0/s1. The topological polar surface area (TPSA) is 97.1 Å². The summed E-state index contributed by atoms with van der Waals surface area (Å²) in [6.45, 7) is 0.739. The molecule has 1 saturated carbocycles. The minimum atomic E-state index is -1.62. The van der Waals surface area contributed by atoms with E-state index < -0.39 is 17.5 Å². The molecule has 7 nitrogen and oxygen atoms in total. The van der Waals surface area contributed by atoms with E-state index in [9.17, 15) is 9.35 Å². The summed E-state index contributed by atoms with van der Waals surface area (Å²) in [5.41, 5.74) is 0.933. The van der Waals surface area contributed by atoms with E-state index in [0.717, 1.165) is 18.4 Å². The zero-order valence-electron chi connectivity index (χ0n) is 15.2. The van der Waals surface area contributed by atoms with E-state index >= 15 is 0 Å². The van der Waals surface area contributed by atoms with Crippen LogP contribution in [0.25, 0.3) is 0 Å². The van der Waals surface area contributed by atoms with Gasteiger partial charge in [0, 0.05) is 5.92 Å². The van der Waals surface area contributed by atoms with Gasteiger partial charge in [-0.3, -0.25) is 4.79 Å². The largest absolute Gasteiger partial charge is 0.579 e. The van der Waals surface area contributed by atoms with Crippen molar-refractivity contribution in [3.05, 3.63) is 23.8 Å². The van der Waals surface area contributed by atoms with Gasteiger partial charge in [0.05, 0.1) is 39.3 Å². The summed E-state index contributed by atoms with van der Waals surface area (Å²) < 4.78 is 29.8. The third-order valence-corrected chi connectivity index (χ3v) is 6.06. The summed E-state index contributed by atoms with van der Waals surface area (Å²) >= 11 is -1.62. The first-order valence-electron chi connectivity index (χ1n) is 8.87. The van der Waals surface area contributed by atoms with Crippen LogP contribution >= 0.6 is 0 Å². The molecule has 1 aromatic rings. The third-order valence-electron chi connectivity index (χ3n) is 5.26. The van der Waals surface area contributed by atoms with Crippen molar-refractivity contribution in [3.8, 4) is 11.5 Å². The maximum absolute atomic E-state index is 12.2. The van der Waals surface area contributed by atoms with E-state index in [1.54, 1.807) is 11.4 Å². The summed E-state index contributed by atoms with van der Waals surface area (Å²) in [4.78, 5) is 12.2. The predicted molar refractivity (Wildman–Crippen MR) is 98.0 cm³/mol. The normalized spacial score (nSPS) is 25.2. The van der Waals surface area contributed by atoms with Crippen molar-refractivity contribution < 1.29 is 23.6 Å². The van der Waals surface area contributed by atoms with Crippen LogP contribution in [-0.4, -0.2) is 48.2 Å². The minimum absolute atomic E-state index is 0.160. The Labute approximate surface area is 157 Å². The van der Waals surface area contributed by atoms with Crippen molar-refractivity contribution in [1.82, 2.24) is 4.31 Å². The van der Waals surface area contributed by atoms with Crippen molar-refractivity contribution in [1.29, 1.82) is 0 Å². The molecule has 1 unspecified atom stereocenters. The van der Waals surface area contributed by atoms with Gasteiger partial charge in [-0.05, 0) is 43.4 Å². The molecule has 1 aromatic carbocycles. The van der Waals surface area contributed by atoms with Crippen LogP contribution in [0.5, 0.6) is 11.5 Å². The van der Waals surface area contributed by atoms with Crippen LogP contribution in [0.2, 0.25) is 0 Å². The van der Waals surface area contributed by atoms with Gasteiger partial charge in [0.2, 0.25) is 0 Å². The van der Waals surface area contributed by atoms with Gasteiger partial charge in [-0.2, -0.15) is 0 Å². The molecule has 0 bridgehead atoms. The molecule has 144 valence electrons. The monoisotopic (exact) mass is 382 g/mol. The Morgan fingerprint density at radius 3 is 2.58 bits per heavy atom. The van der Waals surface area contributed by atoms with Crippen LogP contribution in [0.15, 0.2) is 18.2 Å². The molecule has 8 heteroatoms. The second-order valence-electron chi connectivity index (χ2n) is 6.79. The highest BCUT2D eigenvalue weighted by molar-refractivity contribution is 7.86. The summed E-state index contributed by atoms with van der Waals surface area (Å²) in [6, 6.07) is 5.71. The molecule has 3 rings (SSSR count). The molecule has 2 aliphatic rings. The van der Waals surface area contributed by atoms with Crippen LogP contribution < -0.4 is 14.6 Å². The molecule has 1 heterocycles. The van der Waals surface area contributed by atoms with Gasteiger partial charge in [-0.1, -0.05) is 6.07 Å². The van der Waals surface area contributed by atoms with E-state index in [1.165, 1.54) is 20.0 Å². The smallest absolute Gasteiger partial charge is 0.310 e. The third kappa shape index (κ3) is 4.09. The number of hydrogen-bond acceptors (Lipinski definition) is 7. The number of rotatable bonds is 6. The molecule has 2 N–H and O–H groups in total. The number of esters is 1. The lowest BCUT2D eigenvalue weighted by Gasteiger charge is -2.20. The minimum Gasteiger partial charge on any atom is -0.579 e. The van der Waals surface area contributed by atoms with Crippen molar-refractivity contribution >= 4 is 17.5 Å². The summed E-state index contributed by atoms with van der Waals surface area (Å²) in [5, 5.41) is 5.53. The number of nitrogens with zero attached hydrogens (tertiary/aromatic N) is 1. The molecular formula is C18H26N2O5S. The van der Waals surface area contributed by atoms with Gasteiger partial charge in [0.1, 0.15) is 11.5 Å². The van der Waals surface area contributed by atoms with Gasteiger partial charge in [0.25, 0.3) is 0 Å². The average Bonchev–Trinajstić information content (AvgIpc) is 3.30. The predicted octanol–water partition coefficient (Wildman–Crippen LogP) is 1.74. The molecular weight excluding hydrogens is 356 g/mol. The van der Waals surface area contributed by atoms with E-state index in [4.69, 9.17) is 19.3 Å². The lowest BCUT2D eigenvalue weighted by molar-refractivity contribution is -0.145. The number of methoxy groups -OCH3 is 2. The summed E-state index contributed by atoms with van der Waals surface area (Å²) in [6.07, 6.45) is 4.64. The lowest BCUT2D eigenvalue weighted by atomic mass is 9.89. The van der Waals surface area contributed by atoms with Crippen LogP contribution in [0.1, 0.15) is 37.2 Å². The highest BCUT2D eigenvalue weighted by Gasteiger charge is 2.43. The van der Waals surface area contributed by atoms with Gasteiger partial charge >= 0.3 is 5.97 Å². The number of hydrogen-bond donors (Lipinski definition) is 1. The van der Waals surface area contributed by atoms with Crippen LogP contribution in [0.4, 0.5) is 0 Å². The maximum Gasteiger partial charge on any atom is 0.310 e. The van der Waals surface area contributed by atoms with E-state index in [2.05, 4.69) is 0 Å². The van der Waals surface area contributed by atoms with Gasteiger partial charge in [0.15, 0.2) is 11.5 Å². The first-order chi connectivity index (χ1) is 12.5. The van der Waals surface area contributed by atoms with Crippen molar-refractivity contribution in [2.75, 3.05) is 27.3 Å². The van der Waals surface area contributed by atoms with Crippen LogP contribution in [-0.2, 0) is 21.1 Å². The molecule has 1 saturated heterocycles. The second-order valence-corrected chi connectivity index (χ2v) is 7.86. The molecule has 2 fully saturated rings. The number of ether oxygens (including phenoxy) is 3. The van der Waals surface area contributed by atoms with Gasteiger partial charge < -0.3 is 18.8 Å². The summed E-state index contributed by atoms with van der Waals surface area (Å²) in [7, 11) is 2.98.